The molecule has 1 aliphatic heterocycles. The summed E-state index contributed by atoms with van der Waals surface area (Å²) < 4.78 is 0. The highest BCUT2D eigenvalue weighted by Crippen LogP contribution is 2.27. The minimum Gasteiger partial charge on any atom is -0.316 e. The predicted molar refractivity (Wildman–Crippen MR) is 83.4 cm³/mol. The molecule has 0 spiro atoms. The van der Waals surface area contributed by atoms with E-state index < -0.39 is 0 Å². The second-order valence-electron chi connectivity index (χ2n) is 7.30. The Kier molecular flexibility index (Phi) is 6.66. The predicted octanol–water partition coefficient (Wildman–Crippen LogP) is 3.52. The number of hydrogen-bond acceptors (Lipinski definition) is 2. The lowest BCUT2D eigenvalue weighted by Gasteiger charge is -2.24. The summed E-state index contributed by atoms with van der Waals surface area (Å²) in [6.07, 6.45) is 10.4. The van der Waals surface area contributed by atoms with Crippen molar-refractivity contribution >= 4 is 0 Å². The second kappa shape index (κ2) is 8.26. The van der Waals surface area contributed by atoms with Gasteiger partial charge in [-0.1, -0.05) is 46.0 Å². The summed E-state index contributed by atoms with van der Waals surface area (Å²) in [4.78, 5) is 2.72. The number of rotatable bonds is 7. The quantitative estimate of drug-likeness (QED) is 0.758. The molecule has 0 aromatic rings. The lowest BCUT2D eigenvalue weighted by molar-refractivity contribution is 0.259. The van der Waals surface area contributed by atoms with Crippen molar-refractivity contribution in [1.29, 1.82) is 0 Å². The summed E-state index contributed by atoms with van der Waals surface area (Å²) in [7, 11) is 0. The summed E-state index contributed by atoms with van der Waals surface area (Å²) in [5.74, 6) is 2.74. The van der Waals surface area contributed by atoms with E-state index in [0.29, 0.717) is 0 Å². The molecule has 0 aromatic heterocycles. The van der Waals surface area contributed by atoms with Crippen molar-refractivity contribution in [1.82, 2.24) is 10.2 Å². The smallest absolute Gasteiger partial charge is 0.00223 e. The zero-order chi connectivity index (χ0) is 13.5. The molecule has 1 saturated heterocycles. The average molecular weight is 266 g/mol. The largest absolute Gasteiger partial charge is 0.316 e. The van der Waals surface area contributed by atoms with Crippen molar-refractivity contribution in [2.24, 2.45) is 17.8 Å². The summed E-state index contributed by atoms with van der Waals surface area (Å²) in [5.41, 5.74) is 0. The Bertz CT molecular complexity index is 233. The van der Waals surface area contributed by atoms with Crippen molar-refractivity contribution in [2.45, 2.75) is 58.8 Å². The lowest BCUT2D eigenvalue weighted by Crippen LogP contribution is -2.29. The topological polar surface area (TPSA) is 15.3 Å². The third kappa shape index (κ3) is 5.83. The van der Waals surface area contributed by atoms with Gasteiger partial charge in [0, 0.05) is 6.54 Å². The number of nitrogens with one attached hydrogen (secondary N) is 1. The highest BCUT2D eigenvalue weighted by atomic mass is 15.1. The van der Waals surface area contributed by atoms with Crippen molar-refractivity contribution in [3.8, 4) is 0 Å². The first-order valence-electron chi connectivity index (χ1n) is 8.67. The molecule has 1 heterocycles. The van der Waals surface area contributed by atoms with Crippen LogP contribution in [0.25, 0.3) is 0 Å². The molecule has 2 aliphatic rings. The molecule has 0 radical (unpaired) electrons. The molecule has 2 nitrogen and oxygen atoms in total. The van der Waals surface area contributed by atoms with Crippen LogP contribution < -0.4 is 5.32 Å². The van der Waals surface area contributed by atoms with E-state index in [9.17, 15) is 0 Å². The van der Waals surface area contributed by atoms with Crippen molar-refractivity contribution in [3.05, 3.63) is 0 Å². The minimum absolute atomic E-state index is 0.781. The molecular formula is C17H34N2. The molecule has 2 fully saturated rings. The van der Waals surface area contributed by atoms with Crippen LogP contribution >= 0.6 is 0 Å². The fourth-order valence-corrected chi connectivity index (χ4v) is 3.70. The maximum Gasteiger partial charge on any atom is 0.00223 e. The van der Waals surface area contributed by atoms with E-state index in [-0.39, 0.29) is 0 Å². The van der Waals surface area contributed by atoms with E-state index in [1.165, 1.54) is 77.7 Å². The first kappa shape index (κ1) is 15.3. The maximum absolute atomic E-state index is 3.63. The van der Waals surface area contributed by atoms with Gasteiger partial charge in [0.25, 0.3) is 0 Å². The Morgan fingerprint density at radius 3 is 2.58 bits per heavy atom. The summed E-state index contributed by atoms with van der Waals surface area (Å²) in [6, 6.07) is 0. The van der Waals surface area contributed by atoms with Gasteiger partial charge < -0.3 is 10.2 Å². The SMILES string of the molecule is CC(C)CNCC1CCN(CCC2CCCCC2)C1. The monoisotopic (exact) mass is 266 g/mol. The van der Waals surface area contributed by atoms with Gasteiger partial charge in [0.15, 0.2) is 0 Å². The van der Waals surface area contributed by atoms with E-state index in [0.717, 1.165) is 17.8 Å². The van der Waals surface area contributed by atoms with Crippen molar-refractivity contribution in [3.63, 3.8) is 0 Å². The molecule has 19 heavy (non-hydrogen) atoms. The van der Waals surface area contributed by atoms with E-state index in [1.807, 2.05) is 0 Å². The molecule has 1 N–H and O–H groups in total. The highest BCUT2D eigenvalue weighted by Gasteiger charge is 2.23. The maximum atomic E-state index is 3.63. The first-order valence-corrected chi connectivity index (χ1v) is 8.67. The van der Waals surface area contributed by atoms with Crippen LogP contribution in [0.2, 0.25) is 0 Å². The standard InChI is InChI=1S/C17H34N2/c1-15(2)12-18-13-17-9-11-19(14-17)10-8-16-6-4-3-5-7-16/h15-18H,3-14H2,1-2H3. The Morgan fingerprint density at radius 1 is 1.05 bits per heavy atom. The number of hydrogen-bond donors (Lipinski definition) is 1. The van der Waals surface area contributed by atoms with Crippen LogP contribution in [0.5, 0.6) is 0 Å². The Balaban J connectivity index is 1.54. The van der Waals surface area contributed by atoms with Gasteiger partial charge in [0.2, 0.25) is 0 Å². The number of nitrogens with zero attached hydrogens (tertiary/aromatic N) is 1. The fraction of sp³-hybridized carbons (Fsp3) is 1.00. The molecule has 2 heteroatoms. The van der Waals surface area contributed by atoms with Crippen LogP contribution in [0.15, 0.2) is 0 Å². The first-order chi connectivity index (χ1) is 9.24. The molecule has 0 aromatic carbocycles. The van der Waals surface area contributed by atoms with Gasteiger partial charge in [0.1, 0.15) is 0 Å². The summed E-state index contributed by atoms with van der Waals surface area (Å²) >= 11 is 0. The van der Waals surface area contributed by atoms with Gasteiger partial charge in [-0.3, -0.25) is 0 Å². The molecule has 0 bridgehead atoms. The van der Waals surface area contributed by atoms with Gasteiger partial charge in [-0.05, 0) is 56.8 Å². The number of likely N-dealkylation sites (tertiary alicyclic amines) is 1. The van der Waals surface area contributed by atoms with Gasteiger partial charge in [-0.2, -0.15) is 0 Å². The van der Waals surface area contributed by atoms with Gasteiger partial charge in [0.05, 0.1) is 0 Å². The van der Waals surface area contributed by atoms with Crippen LogP contribution in [-0.2, 0) is 0 Å². The second-order valence-corrected chi connectivity index (χ2v) is 7.30. The minimum atomic E-state index is 0.781. The van der Waals surface area contributed by atoms with E-state index in [1.54, 1.807) is 0 Å². The molecule has 1 unspecified atom stereocenters. The van der Waals surface area contributed by atoms with E-state index >= 15 is 0 Å². The van der Waals surface area contributed by atoms with E-state index in [2.05, 4.69) is 24.1 Å². The molecule has 112 valence electrons. The average Bonchev–Trinajstić information content (AvgIpc) is 2.85. The van der Waals surface area contributed by atoms with E-state index in [4.69, 9.17) is 0 Å². The van der Waals surface area contributed by atoms with Crippen LogP contribution in [0, 0.1) is 17.8 Å². The Morgan fingerprint density at radius 2 is 1.84 bits per heavy atom. The van der Waals surface area contributed by atoms with Crippen molar-refractivity contribution in [2.75, 3.05) is 32.7 Å². The third-order valence-electron chi connectivity index (χ3n) is 4.93. The van der Waals surface area contributed by atoms with Crippen LogP contribution in [0.4, 0.5) is 0 Å². The zero-order valence-corrected chi connectivity index (χ0v) is 13.2. The molecule has 0 amide bonds. The van der Waals surface area contributed by atoms with Gasteiger partial charge in [-0.25, -0.2) is 0 Å². The molecule has 1 atom stereocenters. The molecule has 1 saturated carbocycles. The Labute approximate surface area is 120 Å². The van der Waals surface area contributed by atoms with Crippen LogP contribution in [0.3, 0.4) is 0 Å². The van der Waals surface area contributed by atoms with Gasteiger partial charge in [-0.15, -0.1) is 0 Å². The molecule has 2 rings (SSSR count). The molecule has 1 aliphatic carbocycles. The van der Waals surface area contributed by atoms with Crippen LogP contribution in [-0.4, -0.2) is 37.6 Å². The molecular weight excluding hydrogens is 232 g/mol. The zero-order valence-electron chi connectivity index (χ0n) is 13.2. The van der Waals surface area contributed by atoms with Crippen molar-refractivity contribution < 1.29 is 0 Å². The summed E-state index contributed by atoms with van der Waals surface area (Å²) in [6.45, 7) is 11.1. The third-order valence-corrected chi connectivity index (χ3v) is 4.93. The van der Waals surface area contributed by atoms with Gasteiger partial charge >= 0.3 is 0 Å². The normalized spacial score (nSPS) is 26.4. The van der Waals surface area contributed by atoms with Crippen LogP contribution in [0.1, 0.15) is 58.8 Å². The Hall–Kier alpha value is -0.0800. The lowest BCUT2D eigenvalue weighted by atomic mass is 9.87. The highest BCUT2D eigenvalue weighted by molar-refractivity contribution is 4.78. The summed E-state index contributed by atoms with van der Waals surface area (Å²) in [5, 5.41) is 3.63. The fourth-order valence-electron chi connectivity index (χ4n) is 3.70.